The molecule has 0 fully saturated rings. The summed E-state index contributed by atoms with van der Waals surface area (Å²) >= 11 is 0. The molecule has 3 aromatic rings. The topological polar surface area (TPSA) is 20.3 Å². The van der Waals surface area contributed by atoms with Gasteiger partial charge in [0, 0.05) is 17.2 Å². The first-order valence-corrected chi connectivity index (χ1v) is 9.04. The highest BCUT2D eigenvalue weighted by Gasteiger charge is 2.52. The number of rotatable bonds is 0. The lowest BCUT2D eigenvalue weighted by Crippen LogP contribution is -2.39. The predicted octanol–water partition coefficient (Wildman–Crippen LogP) is 4.85. The molecular formula is C23H16FNO. The third-order valence-electron chi connectivity index (χ3n) is 6.27. The maximum absolute atomic E-state index is 14.1. The van der Waals surface area contributed by atoms with E-state index in [-0.39, 0.29) is 29.6 Å². The highest BCUT2D eigenvalue weighted by atomic mass is 19.1. The Hall–Kier alpha value is -2.94. The van der Waals surface area contributed by atoms with Gasteiger partial charge in [-0.3, -0.25) is 4.79 Å². The van der Waals surface area contributed by atoms with Crippen molar-refractivity contribution in [1.82, 2.24) is 0 Å². The Morgan fingerprint density at radius 2 is 1.65 bits per heavy atom. The molecule has 0 unspecified atom stereocenters. The number of halogens is 1. The van der Waals surface area contributed by atoms with Crippen LogP contribution in [-0.2, 0) is 6.42 Å². The monoisotopic (exact) mass is 341 g/mol. The van der Waals surface area contributed by atoms with Gasteiger partial charge in [0.05, 0.1) is 6.04 Å². The van der Waals surface area contributed by atoms with Gasteiger partial charge in [-0.2, -0.15) is 0 Å². The number of hydrogen-bond acceptors (Lipinski definition) is 1. The van der Waals surface area contributed by atoms with Crippen molar-refractivity contribution in [2.75, 3.05) is 4.90 Å². The summed E-state index contributed by atoms with van der Waals surface area (Å²) in [6, 6.07) is 21.3. The number of amides is 1. The van der Waals surface area contributed by atoms with E-state index in [9.17, 15) is 9.18 Å². The minimum atomic E-state index is -0.241. The highest BCUT2D eigenvalue weighted by molar-refractivity contribution is 6.12. The van der Waals surface area contributed by atoms with E-state index in [1.54, 1.807) is 12.1 Å². The van der Waals surface area contributed by atoms with E-state index in [0.29, 0.717) is 0 Å². The van der Waals surface area contributed by atoms with Crippen LogP contribution in [0.2, 0.25) is 0 Å². The molecule has 0 aromatic heterocycles. The first-order valence-electron chi connectivity index (χ1n) is 9.04. The Morgan fingerprint density at radius 1 is 0.885 bits per heavy atom. The van der Waals surface area contributed by atoms with E-state index in [2.05, 4.69) is 30.3 Å². The zero-order chi connectivity index (χ0) is 17.4. The molecule has 2 aliphatic heterocycles. The van der Waals surface area contributed by atoms with Crippen molar-refractivity contribution in [3.8, 4) is 0 Å². The summed E-state index contributed by atoms with van der Waals surface area (Å²) in [5, 5.41) is 0. The van der Waals surface area contributed by atoms with Gasteiger partial charge in [-0.05, 0) is 58.9 Å². The normalized spacial score (nSPS) is 24.6. The highest BCUT2D eigenvalue weighted by Crippen LogP contribution is 2.58. The standard InChI is InChI=1S/C23H16FNO/c24-14-9-10-20-18(12-14)21-15-6-2-1-5-13(15)11-19(21)22-16-7-3-4-8-17(16)23(26)25(20)22/h1-10,12,19,21-22H,11H2/t19-,21-,22+/m1/s1. The number of nitrogens with zero attached hydrogens (tertiary/aromatic N) is 1. The van der Waals surface area contributed by atoms with Crippen LogP contribution in [0.15, 0.2) is 66.7 Å². The largest absolute Gasteiger partial charge is 0.300 e. The van der Waals surface area contributed by atoms with Crippen LogP contribution in [0.1, 0.15) is 44.6 Å². The average molecular weight is 341 g/mol. The van der Waals surface area contributed by atoms with Crippen LogP contribution in [0.5, 0.6) is 0 Å². The molecule has 0 N–H and O–H groups in total. The van der Waals surface area contributed by atoms with Crippen LogP contribution in [0, 0.1) is 11.7 Å². The van der Waals surface area contributed by atoms with E-state index >= 15 is 0 Å². The molecule has 2 nitrogen and oxygen atoms in total. The summed E-state index contributed by atoms with van der Waals surface area (Å²) in [7, 11) is 0. The van der Waals surface area contributed by atoms with E-state index in [1.165, 1.54) is 17.2 Å². The molecule has 0 bridgehead atoms. The van der Waals surface area contributed by atoms with Crippen LogP contribution in [0.25, 0.3) is 0 Å². The second-order valence-corrected chi connectivity index (χ2v) is 7.45. The fourth-order valence-electron chi connectivity index (χ4n) is 5.34. The lowest BCUT2D eigenvalue weighted by molar-refractivity contribution is 0.0981. The number of benzene rings is 3. The summed E-state index contributed by atoms with van der Waals surface area (Å²) < 4.78 is 14.1. The Morgan fingerprint density at radius 3 is 2.54 bits per heavy atom. The molecule has 1 aliphatic carbocycles. The number of carbonyl (C=O) groups excluding carboxylic acids is 1. The summed E-state index contributed by atoms with van der Waals surface area (Å²) in [6.07, 6.45) is 0.916. The van der Waals surface area contributed by atoms with Crippen molar-refractivity contribution < 1.29 is 9.18 Å². The van der Waals surface area contributed by atoms with E-state index in [1.807, 2.05) is 23.1 Å². The molecule has 0 spiro atoms. The van der Waals surface area contributed by atoms with Crippen molar-refractivity contribution in [3.05, 3.63) is 100 Å². The molecular weight excluding hydrogens is 325 g/mol. The lowest BCUT2D eigenvalue weighted by atomic mass is 9.75. The molecule has 26 heavy (non-hydrogen) atoms. The summed E-state index contributed by atoms with van der Waals surface area (Å²) in [6.45, 7) is 0. The van der Waals surface area contributed by atoms with Crippen molar-refractivity contribution in [2.45, 2.75) is 18.4 Å². The Kier molecular flexibility index (Phi) is 2.64. The van der Waals surface area contributed by atoms with Gasteiger partial charge >= 0.3 is 0 Å². The molecule has 126 valence electrons. The SMILES string of the molecule is O=C1c2ccccc2[C@H]2[C@@H]3Cc4ccccc4[C@@H]3c3cc(F)ccc3N12. The van der Waals surface area contributed by atoms with Gasteiger partial charge in [-0.15, -0.1) is 0 Å². The third kappa shape index (κ3) is 1.63. The maximum atomic E-state index is 14.1. The van der Waals surface area contributed by atoms with Gasteiger partial charge in [-0.1, -0.05) is 42.5 Å². The summed E-state index contributed by atoms with van der Waals surface area (Å²) in [4.78, 5) is 15.1. The van der Waals surface area contributed by atoms with Crippen LogP contribution in [-0.4, -0.2) is 5.91 Å². The van der Waals surface area contributed by atoms with Crippen LogP contribution in [0.3, 0.4) is 0 Å². The fourth-order valence-corrected chi connectivity index (χ4v) is 5.34. The van der Waals surface area contributed by atoms with Crippen LogP contribution in [0.4, 0.5) is 10.1 Å². The molecule has 3 heteroatoms. The second kappa shape index (κ2) is 4.82. The van der Waals surface area contributed by atoms with Crippen LogP contribution >= 0.6 is 0 Å². The predicted molar refractivity (Wildman–Crippen MR) is 97.9 cm³/mol. The maximum Gasteiger partial charge on any atom is 0.259 e. The number of carbonyl (C=O) groups is 1. The first kappa shape index (κ1) is 14.3. The second-order valence-electron chi connectivity index (χ2n) is 7.45. The molecule has 0 saturated heterocycles. The van der Waals surface area contributed by atoms with Gasteiger partial charge in [0.2, 0.25) is 0 Å². The molecule has 2 heterocycles. The summed E-state index contributed by atoms with van der Waals surface area (Å²) in [5.41, 5.74) is 6.28. The van der Waals surface area contributed by atoms with Gasteiger partial charge in [0.15, 0.2) is 0 Å². The van der Waals surface area contributed by atoms with E-state index in [0.717, 1.165) is 28.8 Å². The summed E-state index contributed by atoms with van der Waals surface area (Å²) in [5.74, 6) is 0.175. The Balaban J connectivity index is 1.66. The lowest BCUT2D eigenvalue weighted by Gasteiger charge is -2.41. The van der Waals surface area contributed by atoms with Crippen molar-refractivity contribution in [1.29, 1.82) is 0 Å². The molecule has 0 radical (unpaired) electrons. The van der Waals surface area contributed by atoms with Crippen molar-refractivity contribution in [3.63, 3.8) is 0 Å². The minimum Gasteiger partial charge on any atom is -0.300 e. The van der Waals surface area contributed by atoms with Gasteiger partial charge in [-0.25, -0.2) is 4.39 Å². The average Bonchev–Trinajstić information content (AvgIpc) is 3.19. The molecule has 3 aromatic carbocycles. The van der Waals surface area contributed by atoms with Crippen molar-refractivity contribution >= 4 is 11.6 Å². The fraction of sp³-hybridized carbons (Fsp3) is 0.174. The van der Waals surface area contributed by atoms with Crippen LogP contribution < -0.4 is 4.90 Å². The molecule has 6 rings (SSSR count). The minimum absolute atomic E-state index is 0.0223. The Labute approximate surface area is 150 Å². The number of anilines is 1. The molecule has 1 amide bonds. The quantitative estimate of drug-likeness (QED) is 0.573. The first-order chi connectivity index (χ1) is 12.7. The van der Waals surface area contributed by atoms with E-state index in [4.69, 9.17) is 0 Å². The van der Waals surface area contributed by atoms with Crippen molar-refractivity contribution in [2.24, 2.45) is 5.92 Å². The van der Waals surface area contributed by atoms with Gasteiger partial charge in [0.25, 0.3) is 5.91 Å². The molecule has 3 aliphatic rings. The number of fused-ring (bicyclic) bond motifs is 10. The zero-order valence-electron chi connectivity index (χ0n) is 14.0. The number of hydrogen-bond donors (Lipinski definition) is 0. The molecule has 3 atom stereocenters. The van der Waals surface area contributed by atoms with E-state index < -0.39 is 0 Å². The molecule has 0 saturated carbocycles. The third-order valence-corrected chi connectivity index (χ3v) is 6.27. The Bertz CT molecular complexity index is 1090. The van der Waals surface area contributed by atoms with Gasteiger partial charge in [0.1, 0.15) is 5.82 Å². The smallest absolute Gasteiger partial charge is 0.259 e. The zero-order valence-corrected chi connectivity index (χ0v) is 14.0. The van der Waals surface area contributed by atoms with Gasteiger partial charge < -0.3 is 4.90 Å².